The number of nitro benzene ring substituents is 1. The predicted molar refractivity (Wildman–Crippen MR) is 68.1 cm³/mol. The van der Waals surface area contributed by atoms with E-state index in [-0.39, 0.29) is 17.1 Å². The lowest BCUT2D eigenvalue weighted by molar-refractivity contribution is -0.384. The van der Waals surface area contributed by atoms with E-state index in [1.807, 2.05) is 0 Å². The highest BCUT2D eigenvalue weighted by Gasteiger charge is 2.31. The summed E-state index contributed by atoms with van der Waals surface area (Å²) in [6.45, 7) is 4.38. The molecular weight excluding hydrogens is 235 g/mol. The summed E-state index contributed by atoms with van der Waals surface area (Å²) >= 11 is 0. The summed E-state index contributed by atoms with van der Waals surface area (Å²) in [5.74, 6) is -0.584. The normalized spacial score (nSPS) is 21.8. The lowest BCUT2D eigenvalue weighted by Crippen LogP contribution is -2.18. The number of hydrogen-bond donors (Lipinski definition) is 1. The molecule has 0 radical (unpaired) electrons. The molecule has 0 saturated heterocycles. The first-order chi connectivity index (χ1) is 8.37. The van der Waals surface area contributed by atoms with Crippen molar-refractivity contribution in [2.24, 2.45) is 5.41 Å². The van der Waals surface area contributed by atoms with Crippen LogP contribution in [-0.4, -0.2) is 11.0 Å². The highest BCUT2D eigenvalue weighted by atomic mass is 19.1. The van der Waals surface area contributed by atoms with Crippen LogP contribution in [0.3, 0.4) is 0 Å². The standard InChI is InChI=1S/C13H17FN2O2/c1-13(2)6-5-10(8-13)15-11-4-3-9(14)7-12(11)16(17)18/h3-4,7,10,15H,5-6,8H2,1-2H3. The lowest BCUT2D eigenvalue weighted by Gasteiger charge is -2.18. The van der Waals surface area contributed by atoms with Gasteiger partial charge >= 0.3 is 0 Å². The van der Waals surface area contributed by atoms with Crippen LogP contribution in [0.25, 0.3) is 0 Å². The minimum absolute atomic E-state index is 0.195. The van der Waals surface area contributed by atoms with E-state index in [1.54, 1.807) is 0 Å². The van der Waals surface area contributed by atoms with Crippen molar-refractivity contribution in [2.75, 3.05) is 5.32 Å². The van der Waals surface area contributed by atoms with Crippen LogP contribution >= 0.6 is 0 Å². The zero-order valence-corrected chi connectivity index (χ0v) is 10.6. The maximum absolute atomic E-state index is 13.0. The molecule has 4 nitrogen and oxygen atoms in total. The van der Waals surface area contributed by atoms with Crippen LogP contribution < -0.4 is 5.32 Å². The number of nitrogens with zero attached hydrogens (tertiary/aromatic N) is 1. The van der Waals surface area contributed by atoms with Gasteiger partial charge in [-0.05, 0) is 36.8 Å². The van der Waals surface area contributed by atoms with E-state index in [4.69, 9.17) is 0 Å². The first-order valence-corrected chi connectivity index (χ1v) is 6.08. The van der Waals surface area contributed by atoms with Crippen molar-refractivity contribution < 1.29 is 9.31 Å². The lowest BCUT2D eigenvalue weighted by atomic mass is 9.92. The Morgan fingerprint density at radius 3 is 2.78 bits per heavy atom. The van der Waals surface area contributed by atoms with Crippen LogP contribution in [0.4, 0.5) is 15.8 Å². The molecule has 0 aliphatic heterocycles. The van der Waals surface area contributed by atoms with Gasteiger partial charge in [0, 0.05) is 6.04 Å². The van der Waals surface area contributed by atoms with Gasteiger partial charge in [0.25, 0.3) is 5.69 Å². The molecule has 0 amide bonds. The Bertz CT molecular complexity index is 474. The monoisotopic (exact) mass is 252 g/mol. The first kappa shape index (κ1) is 12.8. The van der Waals surface area contributed by atoms with E-state index < -0.39 is 10.7 Å². The van der Waals surface area contributed by atoms with E-state index >= 15 is 0 Å². The molecule has 1 fully saturated rings. The van der Waals surface area contributed by atoms with Gasteiger partial charge in [0.05, 0.1) is 11.0 Å². The molecule has 98 valence electrons. The first-order valence-electron chi connectivity index (χ1n) is 6.08. The van der Waals surface area contributed by atoms with Crippen LogP contribution in [0.15, 0.2) is 18.2 Å². The summed E-state index contributed by atoms with van der Waals surface area (Å²) in [6.07, 6.45) is 3.06. The second kappa shape index (κ2) is 4.55. The molecule has 1 aliphatic carbocycles. The Morgan fingerprint density at radius 1 is 1.50 bits per heavy atom. The number of hydrogen-bond acceptors (Lipinski definition) is 3. The molecule has 1 N–H and O–H groups in total. The Morgan fingerprint density at radius 2 is 2.22 bits per heavy atom. The van der Waals surface area contributed by atoms with Gasteiger partial charge in [0.15, 0.2) is 0 Å². The average molecular weight is 252 g/mol. The van der Waals surface area contributed by atoms with E-state index in [2.05, 4.69) is 19.2 Å². The summed E-state index contributed by atoms with van der Waals surface area (Å²) in [6, 6.07) is 3.88. The molecule has 1 atom stereocenters. The van der Waals surface area contributed by atoms with Crippen molar-refractivity contribution in [1.29, 1.82) is 0 Å². The van der Waals surface area contributed by atoms with Gasteiger partial charge in [-0.15, -0.1) is 0 Å². The zero-order valence-electron chi connectivity index (χ0n) is 10.6. The van der Waals surface area contributed by atoms with Crippen molar-refractivity contribution in [2.45, 2.75) is 39.2 Å². The summed E-state index contributed by atoms with van der Waals surface area (Å²) in [7, 11) is 0. The van der Waals surface area contributed by atoms with Gasteiger partial charge in [-0.3, -0.25) is 10.1 Å². The largest absolute Gasteiger partial charge is 0.377 e. The maximum atomic E-state index is 13.0. The van der Waals surface area contributed by atoms with Crippen molar-refractivity contribution in [3.8, 4) is 0 Å². The molecule has 0 spiro atoms. The van der Waals surface area contributed by atoms with E-state index in [1.165, 1.54) is 12.1 Å². The molecule has 1 aromatic rings. The third kappa shape index (κ3) is 2.78. The molecule has 5 heteroatoms. The maximum Gasteiger partial charge on any atom is 0.295 e. The van der Waals surface area contributed by atoms with Crippen molar-refractivity contribution in [3.63, 3.8) is 0 Å². The second-order valence-corrected chi connectivity index (χ2v) is 5.67. The number of anilines is 1. The number of halogens is 1. The molecule has 0 bridgehead atoms. The van der Waals surface area contributed by atoms with Crippen LogP contribution in [0, 0.1) is 21.3 Å². The van der Waals surface area contributed by atoms with Crippen LogP contribution in [-0.2, 0) is 0 Å². The number of nitro groups is 1. The van der Waals surface area contributed by atoms with E-state index in [9.17, 15) is 14.5 Å². The Balaban J connectivity index is 2.17. The fourth-order valence-electron chi connectivity index (χ4n) is 2.56. The third-order valence-electron chi connectivity index (χ3n) is 3.48. The molecule has 1 saturated carbocycles. The molecule has 1 aliphatic rings. The topological polar surface area (TPSA) is 55.2 Å². The van der Waals surface area contributed by atoms with Gasteiger partial charge in [-0.25, -0.2) is 4.39 Å². The highest BCUT2D eigenvalue weighted by Crippen LogP contribution is 2.39. The molecule has 1 unspecified atom stereocenters. The van der Waals surface area contributed by atoms with Crippen LogP contribution in [0.2, 0.25) is 0 Å². The summed E-state index contributed by atoms with van der Waals surface area (Å²) < 4.78 is 13.0. The summed E-state index contributed by atoms with van der Waals surface area (Å²) in [5.41, 5.74) is 0.482. The fourth-order valence-corrected chi connectivity index (χ4v) is 2.56. The minimum atomic E-state index is -0.584. The van der Waals surface area contributed by atoms with Gasteiger partial charge in [-0.1, -0.05) is 13.8 Å². The van der Waals surface area contributed by atoms with Gasteiger partial charge in [-0.2, -0.15) is 0 Å². The van der Waals surface area contributed by atoms with Crippen molar-refractivity contribution in [3.05, 3.63) is 34.1 Å². The highest BCUT2D eigenvalue weighted by molar-refractivity contribution is 5.61. The van der Waals surface area contributed by atoms with Gasteiger partial charge < -0.3 is 5.32 Å². The van der Waals surface area contributed by atoms with Crippen LogP contribution in [0.1, 0.15) is 33.1 Å². The Kier molecular flexibility index (Phi) is 3.24. The molecule has 0 aromatic heterocycles. The number of benzene rings is 1. The van der Waals surface area contributed by atoms with Crippen molar-refractivity contribution >= 4 is 11.4 Å². The summed E-state index contributed by atoms with van der Waals surface area (Å²) in [5, 5.41) is 14.0. The minimum Gasteiger partial charge on any atom is -0.377 e. The Labute approximate surface area is 105 Å². The van der Waals surface area contributed by atoms with Crippen LogP contribution in [0.5, 0.6) is 0 Å². The summed E-state index contributed by atoms with van der Waals surface area (Å²) in [4.78, 5) is 10.3. The molecular formula is C13H17FN2O2. The predicted octanol–water partition coefficient (Wildman–Crippen LogP) is 3.72. The SMILES string of the molecule is CC1(C)CCC(Nc2ccc(F)cc2[N+](=O)[O-])C1. The van der Waals surface area contributed by atoms with E-state index in [0.717, 1.165) is 25.3 Å². The molecule has 2 rings (SSSR count). The van der Waals surface area contributed by atoms with Gasteiger partial charge in [0.2, 0.25) is 0 Å². The fraction of sp³-hybridized carbons (Fsp3) is 0.538. The zero-order chi connectivity index (χ0) is 13.3. The second-order valence-electron chi connectivity index (χ2n) is 5.67. The molecule has 0 heterocycles. The third-order valence-corrected chi connectivity index (χ3v) is 3.48. The average Bonchev–Trinajstić information content (AvgIpc) is 2.60. The van der Waals surface area contributed by atoms with Gasteiger partial charge in [0.1, 0.15) is 11.5 Å². The smallest absolute Gasteiger partial charge is 0.295 e. The Hall–Kier alpha value is -1.65. The molecule has 1 aromatic carbocycles. The number of nitrogens with one attached hydrogen (secondary N) is 1. The quantitative estimate of drug-likeness (QED) is 0.658. The molecule has 18 heavy (non-hydrogen) atoms. The van der Waals surface area contributed by atoms with E-state index in [0.29, 0.717) is 5.69 Å². The van der Waals surface area contributed by atoms with Crippen molar-refractivity contribution in [1.82, 2.24) is 0 Å². The number of rotatable bonds is 3.